The first-order chi connectivity index (χ1) is 16.7. The number of carbonyl (C=O) groups is 1. The number of Topliss-reactive ketones (excluding diaryl/α,β-unsaturated/α-hetero) is 1. The van der Waals surface area contributed by atoms with E-state index in [-0.39, 0.29) is 12.3 Å². The predicted octanol–water partition coefficient (Wildman–Crippen LogP) is 5.53. The molecule has 0 bridgehead atoms. The molecule has 0 N–H and O–H groups in total. The number of nitrogens with zero attached hydrogens (tertiary/aromatic N) is 4. The molecule has 0 saturated heterocycles. The molecule has 0 amide bonds. The van der Waals surface area contributed by atoms with Gasteiger partial charge in [0.2, 0.25) is 0 Å². The topological polar surface area (TPSA) is 80.8 Å². The third kappa shape index (κ3) is 4.03. The summed E-state index contributed by atoms with van der Waals surface area (Å²) in [5.74, 6) is 1.25. The molecule has 0 aliphatic carbocycles. The molecule has 5 rings (SSSR count). The van der Waals surface area contributed by atoms with E-state index in [1.165, 1.54) is 0 Å². The van der Waals surface area contributed by atoms with Gasteiger partial charge in [-0.25, -0.2) is 9.97 Å². The number of pyridine rings is 1. The molecule has 5 aromatic rings. The number of nitriles is 1. The van der Waals surface area contributed by atoms with Gasteiger partial charge in [-0.2, -0.15) is 5.26 Å². The predicted molar refractivity (Wildman–Crippen MR) is 130 cm³/mol. The first-order valence-corrected chi connectivity index (χ1v) is 10.8. The Morgan fingerprint density at radius 3 is 2.44 bits per heavy atom. The number of imidazole rings is 1. The van der Waals surface area contributed by atoms with Gasteiger partial charge in [0.25, 0.3) is 0 Å². The van der Waals surface area contributed by atoms with Gasteiger partial charge in [0.1, 0.15) is 11.6 Å². The van der Waals surface area contributed by atoms with Crippen LogP contribution in [0.15, 0.2) is 91.1 Å². The lowest BCUT2D eigenvalue weighted by Gasteiger charge is -2.10. The van der Waals surface area contributed by atoms with Gasteiger partial charge >= 0.3 is 0 Å². The molecule has 0 unspecified atom stereocenters. The third-order valence-corrected chi connectivity index (χ3v) is 5.68. The Kier molecular flexibility index (Phi) is 5.59. The quantitative estimate of drug-likeness (QED) is 0.322. The van der Waals surface area contributed by atoms with E-state index in [9.17, 15) is 4.79 Å². The maximum absolute atomic E-state index is 13.2. The summed E-state index contributed by atoms with van der Waals surface area (Å²) in [5.41, 5.74) is 5.17. The molecule has 0 aliphatic rings. The lowest BCUT2D eigenvalue weighted by Crippen LogP contribution is -2.12. The molecule has 34 heavy (non-hydrogen) atoms. The molecular formula is C28H20N4O2. The molecule has 2 aromatic heterocycles. The van der Waals surface area contributed by atoms with Gasteiger partial charge in [-0.15, -0.1) is 0 Å². The van der Waals surface area contributed by atoms with Crippen LogP contribution in [-0.2, 0) is 6.54 Å². The zero-order valence-electron chi connectivity index (χ0n) is 18.5. The van der Waals surface area contributed by atoms with Gasteiger partial charge in [0.05, 0.1) is 30.8 Å². The highest BCUT2D eigenvalue weighted by molar-refractivity contribution is 5.97. The van der Waals surface area contributed by atoms with Crippen molar-refractivity contribution in [1.82, 2.24) is 14.5 Å². The van der Waals surface area contributed by atoms with Gasteiger partial charge in [0, 0.05) is 22.9 Å². The first-order valence-electron chi connectivity index (χ1n) is 10.8. The Morgan fingerprint density at radius 2 is 1.71 bits per heavy atom. The number of benzene rings is 3. The molecule has 0 atom stereocenters. The number of methoxy groups -OCH3 is 1. The van der Waals surface area contributed by atoms with Crippen molar-refractivity contribution in [2.24, 2.45) is 0 Å². The number of hydrogen-bond acceptors (Lipinski definition) is 5. The summed E-state index contributed by atoms with van der Waals surface area (Å²) in [4.78, 5) is 22.6. The number of hydrogen-bond donors (Lipinski definition) is 0. The summed E-state index contributed by atoms with van der Waals surface area (Å²) in [7, 11) is 1.62. The van der Waals surface area contributed by atoms with Crippen LogP contribution in [0.3, 0.4) is 0 Å². The van der Waals surface area contributed by atoms with E-state index in [1.54, 1.807) is 37.6 Å². The molecule has 3 aromatic carbocycles. The van der Waals surface area contributed by atoms with Crippen LogP contribution < -0.4 is 4.74 Å². The van der Waals surface area contributed by atoms with E-state index < -0.39 is 0 Å². The Hall–Kier alpha value is -4.76. The lowest BCUT2D eigenvalue weighted by atomic mass is 10.1. The SMILES string of the molecule is COc1cccc(-c2nc3ncc(-c4ccccc4)cc3n2CC(=O)c2ccc(C#N)cc2)c1. The second kappa shape index (κ2) is 9.00. The van der Waals surface area contributed by atoms with Gasteiger partial charge < -0.3 is 9.30 Å². The molecule has 0 aliphatic heterocycles. The Labute approximate surface area is 196 Å². The summed E-state index contributed by atoms with van der Waals surface area (Å²) in [5, 5.41) is 9.05. The van der Waals surface area contributed by atoms with E-state index in [2.05, 4.69) is 11.1 Å². The molecule has 0 spiro atoms. The Morgan fingerprint density at radius 1 is 0.941 bits per heavy atom. The summed E-state index contributed by atoms with van der Waals surface area (Å²) in [6.07, 6.45) is 1.80. The fourth-order valence-corrected chi connectivity index (χ4v) is 3.90. The second-order valence-electron chi connectivity index (χ2n) is 7.80. The van der Waals surface area contributed by atoms with Crippen molar-refractivity contribution in [1.29, 1.82) is 5.26 Å². The van der Waals surface area contributed by atoms with Gasteiger partial charge in [-0.05, 0) is 35.9 Å². The second-order valence-corrected chi connectivity index (χ2v) is 7.80. The van der Waals surface area contributed by atoms with Crippen LogP contribution >= 0.6 is 0 Å². The standard InChI is InChI=1S/C28H20N4O2/c1-34-24-9-5-8-22(14-24)28-31-27-25(15-23(17-30-27)20-6-3-2-4-7-20)32(28)18-26(33)21-12-10-19(16-29)11-13-21/h2-15,17H,18H2,1H3. The third-order valence-electron chi connectivity index (χ3n) is 5.68. The molecule has 0 saturated carbocycles. The van der Waals surface area contributed by atoms with E-state index in [1.807, 2.05) is 65.2 Å². The first kappa shape index (κ1) is 21.1. The van der Waals surface area contributed by atoms with E-state index in [0.29, 0.717) is 28.3 Å². The van der Waals surface area contributed by atoms with Gasteiger partial charge in [0.15, 0.2) is 11.4 Å². The largest absolute Gasteiger partial charge is 0.497 e. The van der Waals surface area contributed by atoms with E-state index >= 15 is 0 Å². The van der Waals surface area contributed by atoms with Crippen molar-refractivity contribution >= 4 is 16.9 Å². The summed E-state index contributed by atoms with van der Waals surface area (Å²) >= 11 is 0. The number of ether oxygens (including phenoxy) is 1. The average Bonchev–Trinajstić information content (AvgIpc) is 3.26. The van der Waals surface area contributed by atoms with Crippen molar-refractivity contribution in [3.63, 3.8) is 0 Å². The van der Waals surface area contributed by atoms with Crippen LogP contribution in [0.1, 0.15) is 15.9 Å². The minimum Gasteiger partial charge on any atom is -0.497 e. The lowest BCUT2D eigenvalue weighted by molar-refractivity contribution is 0.0974. The van der Waals surface area contributed by atoms with Crippen molar-refractivity contribution < 1.29 is 9.53 Å². The highest BCUT2D eigenvalue weighted by atomic mass is 16.5. The van der Waals surface area contributed by atoms with Crippen molar-refractivity contribution in [3.05, 3.63) is 102 Å². The molecule has 0 fully saturated rings. The van der Waals surface area contributed by atoms with E-state index in [0.717, 1.165) is 22.2 Å². The van der Waals surface area contributed by atoms with Crippen molar-refractivity contribution in [2.45, 2.75) is 6.54 Å². The smallest absolute Gasteiger partial charge is 0.182 e. The highest BCUT2D eigenvalue weighted by Gasteiger charge is 2.18. The number of carbonyl (C=O) groups excluding carboxylic acids is 1. The number of ketones is 1. The van der Waals surface area contributed by atoms with Crippen LogP contribution in [-0.4, -0.2) is 27.4 Å². The number of aromatic nitrogens is 3. The molecule has 6 nitrogen and oxygen atoms in total. The molecule has 2 heterocycles. The fraction of sp³-hybridized carbons (Fsp3) is 0.0714. The zero-order valence-corrected chi connectivity index (χ0v) is 18.5. The van der Waals surface area contributed by atoms with Crippen LogP contribution in [0.25, 0.3) is 33.7 Å². The van der Waals surface area contributed by atoms with Crippen molar-refractivity contribution in [3.8, 4) is 34.3 Å². The summed E-state index contributed by atoms with van der Waals surface area (Å²) in [6.45, 7) is 0.0782. The summed E-state index contributed by atoms with van der Waals surface area (Å²) in [6, 6.07) is 28.3. The fourth-order valence-electron chi connectivity index (χ4n) is 3.90. The maximum atomic E-state index is 13.2. The minimum atomic E-state index is -0.0851. The molecule has 164 valence electrons. The highest BCUT2D eigenvalue weighted by Crippen LogP contribution is 2.29. The monoisotopic (exact) mass is 444 g/mol. The van der Waals surface area contributed by atoms with Crippen molar-refractivity contribution in [2.75, 3.05) is 7.11 Å². The zero-order chi connectivity index (χ0) is 23.5. The van der Waals surface area contributed by atoms with Gasteiger partial charge in [-0.3, -0.25) is 4.79 Å². The van der Waals surface area contributed by atoms with E-state index in [4.69, 9.17) is 15.0 Å². The van der Waals surface area contributed by atoms with Gasteiger partial charge in [-0.1, -0.05) is 54.6 Å². The number of rotatable bonds is 6. The molecule has 6 heteroatoms. The van der Waals surface area contributed by atoms with Crippen LogP contribution in [0.4, 0.5) is 0 Å². The molecule has 0 radical (unpaired) electrons. The average molecular weight is 444 g/mol. The molecular weight excluding hydrogens is 424 g/mol. The minimum absolute atomic E-state index is 0.0782. The Balaban J connectivity index is 1.64. The van der Waals surface area contributed by atoms with Crippen LogP contribution in [0.5, 0.6) is 5.75 Å². The Bertz CT molecular complexity index is 1530. The van der Waals surface area contributed by atoms with Crippen LogP contribution in [0.2, 0.25) is 0 Å². The van der Waals surface area contributed by atoms with Crippen LogP contribution in [0, 0.1) is 11.3 Å². The number of fused-ring (bicyclic) bond motifs is 1. The summed E-state index contributed by atoms with van der Waals surface area (Å²) < 4.78 is 7.29. The maximum Gasteiger partial charge on any atom is 0.182 e. The normalized spacial score (nSPS) is 10.7.